The molecule has 0 spiro atoms. The Balaban J connectivity index is 1.89. The zero-order chi connectivity index (χ0) is 17.4. The topological polar surface area (TPSA) is 83.5 Å². The normalized spacial score (nSPS) is 11.5. The standard InChI is InChI=1S/C18H17NO4S/c20-15(12-11-13-7-3-1-4-8-13)19-16(17(21)22)24-18(23)14-9-5-2-6-10-14/h1-10,16H,11-12H2,(H,19,20)(H,21,22). The number of carboxylic acid groups (broad SMARTS) is 1. The Morgan fingerprint density at radius 3 is 2.12 bits per heavy atom. The van der Waals surface area contributed by atoms with Crippen molar-refractivity contribution in [1.29, 1.82) is 0 Å². The Kier molecular flexibility index (Phi) is 6.57. The number of carbonyl (C=O) groups excluding carboxylic acids is 2. The molecule has 0 saturated heterocycles. The molecule has 124 valence electrons. The van der Waals surface area contributed by atoms with Crippen molar-refractivity contribution in [3.05, 3.63) is 71.8 Å². The summed E-state index contributed by atoms with van der Waals surface area (Å²) in [7, 11) is 0. The molecule has 0 fully saturated rings. The van der Waals surface area contributed by atoms with Gasteiger partial charge >= 0.3 is 5.97 Å². The molecule has 24 heavy (non-hydrogen) atoms. The van der Waals surface area contributed by atoms with Crippen LogP contribution >= 0.6 is 11.8 Å². The summed E-state index contributed by atoms with van der Waals surface area (Å²) in [4.78, 5) is 35.3. The summed E-state index contributed by atoms with van der Waals surface area (Å²) >= 11 is 0.586. The molecule has 2 rings (SSSR count). The van der Waals surface area contributed by atoms with Crippen LogP contribution in [0.4, 0.5) is 0 Å². The van der Waals surface area contributed by atoms with Crippen LogP contribution in [0.2, 0.25) is 0 Å². The first-order chi connectivity index (χ1) is 11.6. The number of amides is 1. The van der Waals surface area contributed by atoms with Crippen molar-refractivity contribution in [2.24, 2.45) is 0 Å². The lowest BCUT2D eigenvalue weighted by Crippen LogP contribution is -2.39. The molecule has 1 amide bonds. The third kappa shape index (κ3) is 5.55. The molecule has 0 radical (unpaired) electrons. The molecule has 0 saturated carbocycles. The lowest BCUT2D eigenvalue weighted by molar-refractivity contribution is -0.139. The Morgan fingerprint density at radius 1 is 0.958 bits per heavy atom. The number of carbonyl (C=O) groups is 3. The Bertz CT molecular complexity index is 703. The van der Waals surface area contributed by atoms with E-state index in [-0.39, 0.29) is 6.42 Å². The highest BCUT2D eigenvalue weighted by atomic mass is 32.2. The van der Waals surface area contributed by atoms with Crippen molar-refractivity contribution < 1.29 is 19.5 Å². The minimum atomic E-state index is -1.30. The summed E-state index contributed by atoms with van der Waals surface area (Å²) in [6.45, 7) is 0. The van der Waals surface area contributed by atoms with Gasteiger partial charge in [0.05, 0.1) is 0 Å². The molecule has 2 N–H and O–H groups in total. The van der Waals surface area contributed by atoms with Gasteiger partial charge in [0.25, 0.3) is 0 Å². The number of thioether (sulfide) groups is 1. The van der Waals surface area contributed by atoms with Crippen LogP contribution in [-0.2, 0) is 16.0 Å². The van der Waals surface area contributed by atoms with Gasteiger partial charge in [-0.05, 0) is 23.7 Å². The van der Waals surface area contributed by atoms with E-state index >= 15 is 0 Å². The lowest BCUT2D eigenvalue weighted by Gasteiger charge is -2.13. The Hall–Kier alpha value is -2.60. The second kappa shape index (κ2) is 8.88. The minimum absolute atomic E-state index is 0.161. The maximum Gasteiger partial charge on any atom is 0.337 e. The van der Waals surface area contributed by atoms with Crippen molar-refractivity contribution in [1.82, 2.24) is 5.32 Å². The zero-order valence-corrected chi connectivity index (χ0v) is 13.7. The summed E-state index contributed by atoms with van der Waals surface area (Å²) in [6.07, 6.45) is 0.671. The van der Waals surface area contributed by atoms with Gasteiger partial charge in [-0.3, -0.25) is 9.59 Å². The van der Waals surface area contributed by atoms with Crippen molar-refractivity contribution in [3.63, 3.8) is 0 Å². The largest absolute Gasteiger partial charge is 0.479 e. The van der Waals surface area contributed by atoms with Gasteiger partial charge < -0.3 is 10.4 Å². The Labute approximate surface area is 144 Å². The van der Waals surface area contributed by atoms with Gasteiger partial charge in [0.1, 0.15) is 0 Å². The van der Waals surface area contributed by atoms with E-state index in [1.165, 1.54) is 0 Å². The van der Waals surface area contributed by atoms with E-state index in [2.05, 4.69) is 5.32 Å². The van der Waals surface area contributed by atoms with Crippen LogP contribution in [0.15, 0.2) is 60.7 Å². The number of hydrogen-bond donors (Lipinski definition) is 2. The first-order valence-electron chi connectivity index (χ1n) is 7.38. The van der Waals surface area contributed by atoms with E-state index in [1.807, 2.05) is 30.3 Å². The average Bonchev–Trinajstić information content (AvgIpc) is 2.61. The van der Waals surface area contributed by atoms with Crippen molar-refractivity contribution in [2.45, 2.75) is 18.2 Å². The highest BCUT2D eigenvalue weighted by Crippen LogP contribution is 2.17. The first-order valence-corrected chi connectivity index (χ1v) is 8.26. The van der Waals surface area contributed by atoms with Gasteiger partial charge in [0, 0.05) is 12.0 Å². The van der Waals surface area contributed by atoms with E-state index in [0.29, 0.717) is 23.7 Å². The fourth-order valence-corrected chi connectivity index (χ4v) is 2.79. The molecule has 2 aromatic rings. The van der Waals surface area contributed by atoms with Gasteiger partial charge in [-0.1, -0.05) is 60.7 Å². The smallest absolute Gasteiger partial charge is 0.337 e. The van der Waals surface area contributed by atoms with Gasteiger partial charge in [-0.25, -0.2) is 4.79 Å². The van der Waals surface area contributed by atoms with E-state index < -0.39 is 22.4 Å². The summed E-state index contributed by atoms with van der Waals surface area (Å²) in [6, 6.07) is 17.8. The fourth-order valence-electron chi connectivity index (χ4n) is 2.01. The quantitative estimate of drug-likeness (QED) is 0.755. The van der Waals surface area contributed by atoms with Gasteiger partial charge in [0.2, 0.25) is 11.0 Å². The number of aliphatic carboxylic acids is 1. The maximum atomic E-state index is 12.1. The molecule has 1 unspecified atom stereocenters. The highest BCUT2D eigenvalue weighted by Gasteiger charge is 2.24. The molecule has 2 aromatic carbocycles. The number of benzene rings is 2. The molecule has 0 aliphatic heterocycles. The number of aryl methyl sites for hydroxylation is 1. The molecule has 1 atom stereocenters. The van der Waals surface area contributed by atoms with Crippen LogP contribution in [0.5, 0.6) is 0 Å². The van der Waals surface area contributed by atoms with Crippen LogP contribution in [0.3, 0.4) is 0 Å². The van der Waals surface area contributed by atoms with Crippen LogP contribution < -0.4 is 5.32 Å². The van der Waals surface area contributed by atoms with Gasteiger partial charge in [-0.15, -0.1) is 0 Å². The van der Waals surface area contributed by atoms with E-state index in [9.17, 15) is 19.5 Å². The molecule has 0 aliphatic rings. The van der Waals surface area contributed by atoms with Gasteiger partial charge in [-0.2, -0.15) is 0 Å². The monoisotopic (exact) mass is 343 g/mol. The summed E-state index contributed by atoms with van der Waals surface area (Å²) < 4.78 is 0. The predicted molar refractivity (Wildman–Crippen MR) is 92.7 cm³/mol. The van der Waals surface area contributed by atoms with Crippen molar-refractivity contribution in [3.8, 4) is 0 Å². The molecule has 6 heteroatoms. The fraction of sp³-hybridized carbons (Fsp3) is 0.167. The first kappa shape index (κ1) is 17.7. The third-order valence-electron chi connectivity index (χ3n) is 3.23. The lowest BCUT2D eigenvalue weighted by atomic mass is 10.1. The second-order valence-electron chi connectivity index (χ2n) is 5.04. The maximum absolute atomic E-state index is 12.1. The number of carboxylic acids is 1. The Morgan fingerprint density at radius 2 is 1.54 bits per heavy atom. The van der Waals surface area contributed by atoms with E-state index in [4.69, 9.17) is 0 Å². The average molecular weight is 343 g/mol. The van der Waals surface area contributed by atoms with Crippen LogP contribution in [0, 0.1) is 0 Å². The summed E-state index contributed by atoms with van der Waals surface area (Å²) in [5, 5.41) is 9.90. The molecule has 0 aromatic heterocycles. The zero-order valence-electron chi connectivity index (χ0n) is 12.8. The predicted octanol–water partition coefficient (Wildman–Crippen LogP) is 2.72. The third-order valence-corrected chi connectivity index (χ3v) is 4.24. The molecular formula is C18H17NO4S. The van der Waals surface area contributed by atoms with E-state index in [1.54, 1.807) is 30.3 Å². The van der Waals surface area contributed by atoms with Crippen LogP contribution in [0.25, 0.3) is 0 Å². The number of nitrogens with one attached hydrogen (secondary N) is 1. The van der Waals surface area contributed by atoms with Gasteiger partial charge in [0.15, 0.2) is 5.37 Å². The summed E-state index contributed by atoms with van der Waals surface area (Å²) in [5.41, 5.74) is 1.39. The van der Waals surface area contributed by atoms with Crippen molar-refractivity contribution in [2.75, 3.05) is 0 Å². The second-order valence-corrected chi connectivity index (χ2v) is 6.12. The van der Waals surface area contributed by atoms with Crippen LogP contribution in [0.1, 0.15) is 22.3 Å². The highest BCUT2D eigenvalue weighted by molar-refractivity contribution is 8.15. The SMILES string of the molecule is O=C(CCc1ccccc1)NC(SC(=O)c1ccccc1)C(=O)O. The van der Waals surface area contributed by atoms with Crippen molar-refractivity contribution >= 4 is 28.8 Å². The van der Waals surface area contributed by atoms with Crippen LogP contribution in [-0.4, -0.2) is 27.5 Å². The summed E-state index contributed by atoms with van der Waals surface area (Å²) in [5.74, 6) is -1.66. The minimum Gasteiger partial charge on any atom is -0.479 e. The molecule has 0 heterocycles. The van der Waals surface area contributed by atoms with E-state index in [0.717, 1.165) is 5.56 Å². The molecule has 0 aliphatic carbocycles. The molecule has 5 nitrogen and oxygen atoms in total. The molecular weight excluding hydrogens is 326 g/mol. The number of rotatable bonds is 7. The number of hydrogen-bond acceptors (Lipinski definition) is 4. The molecule has 0 bridgehead atoms.